The van der Waals surface area contributed by atoms with E-state index in [2.05, 4.69) is 21.4 Å². The van der Waals surface area contributed by atoms with Crippen LogP contribution in [0.15, 0.2) is 47.5 Å². The highest BCUT2D eigenvalue weighted by Crippen LogP contribution is 2.39. The Morgan fingerprint density at radius 3 is 2.49 bits per heavy atom. The highest BCUT2D eigenvalue weighted by molar-refractivity contribution is 6.20. The van der Waals surface area contributed by atoms with E-state index in [1.165, 1.54) is 18.2 Å². The summed E-state index contributed by atoms with van der Waals surface area (Å²) in [4.78, 5) is 43.4. The van der Waals surface area contributed by atoms with Crippen molar-refractivity contribution in [1.29, 1.82) is 0 Å². The molecular formula is C27H29F4N4O4+. The van der Waals surface area contributed by atoms with Crippen LogP contribution in [0.5, 0.6) is 0 Å². The number of nitrogens with zero attached hydrogens (tertiary/aromatic N) is 1. The van der Waals surface area contributed by atoms with Gasteiger partial charge in [-0.15, -0.1) is 0 Å². The number of anilines is 1. The number of benzodiazepines with no additional fused rings is 1. The molecule has 2 aliphatic rings. The molecule has 3 unspecified atom stereocenters. The van der Waals surface area contributed by atoms with Gasteiger partial charge in [-0.3, -0.25) is 15.3 Å². The molecule has 1 saturated carbocycles. The zero-order valence-corrected chi connectivity index (χ0v) is 20.9. The SMILES string of the molecule is [NH3+]C(=O)C(CC1CC1)C(CCC(F)(F)F)C(=O)NC1N=C(c2cccc(F)c2)c2cccc(CO)c2NC1=O. The van der Waals surface area contributed by atoms with Crippen molar-refractivity contribution in [1.82, 2.24) is 5.32 Å². The molecule has 1 aliphatic heterocycles. The van der Waals surface area contributed by atoms with Gasteiger partial charge >= 0.3 is 12.1 Å². The molecule has 0 saturated heterocycles. The average Bonchev–Trinajstić information content (AvgIpc) is 3.70. The van der Waals surface area contributed by atoms with E-state index in [1.807, 2.05) is 0 Å². The van der Waals surface area contributed by atoms with Crippen molar-refractivity contribution in [2.24, 2.45) is 22.7 Å². The van der Waals surface area contributed by atoms with Gasteiger partial charge in [-0.2, -0.15) is 13.2 Å². The first-order chi connectivity index (χ1) is 18.5. The maximum Gasteiger partial charge on any atom is 0.389 e. The van der Waals surface area contributed by atoms with Crippen LogP contribution in [-0.4, -0.2) is 40.9 Å². The predicted molar refractivity (Wildman–Crippen MR) is 132 cm³/mol. The fraction of sp³-hybridized carbons (Fsp3) is 0.407. The second kappa shape index (κ2) is 11.6. The van der Waals surface area contributed by atoms with Gasteiger partial charge in [-0.25, -0.2) is 14.2 Å². The maximum atomic E-state index is 14.1. The number of halogens is 4. The molecule has 3 atom stereocenters. The van der Waals surface area contributed by atoms with Gasteiger partial charge in [0.1, 0.15) is 5.82 Å². The number of hydrogen-bond acceptors (Lipinski definition) is 5. The molecule has 208 valence electrons. The van der Waals surface area contributed by atoms with E-state index in [0.717, 1.165) is 12.8 Å². The number of aliphatic hydroxyl groups excluding tert-OH is 1. The highest BCUT2D eigenvalue weighted by Gasteiger charge is 2.42. The Balaban J connectivity index is 1.71. The third-order valence-corrected chi connectivity index (χ3v) is 6.97. The molecule has 2 aromatic rings. The van der Waals surface area contributed by atoms with Crippen molar-refractivity contribution in [2.75, 3.05) is 5.32 Å². The van der Waals surface area contributed by atoms with Crippen molar-refractivity contribution in [3.63, 3.8) is 0 Å². The van der Waals surface area contributed by atoms with Crippen LogP contribution in [0.25, 0.3) is 0 Å². The molecule has 0 spiro atoms. The molecule has 0 bridgehead atoms. The molecule has 1 aliphatic carbocycles. The van der Waals surface area contributed by atoms with Crippen LogP contribution < -0.4 is 16.4 Å². The summed E-state index contributed by atoms with van der Waals surface area (Å²) < 4.78 is 53.5. The number of carbonyl (C=O) groups excluding carboxylic acids is 3. The lowest BCUT2D eigenvalue weighted by atomic mass is 9.83. The Morgan fingerprint density at radius 1 is 1.15 bits per heavy atom. The number of quaternary nitrogens is 1. The molecule has 0 radical (unpaired) electrons. The lowest BCUT2D eigenvalue weighted by Crippen LogP contribution is -2.63. The number of carbonyl (C=O) groups is 3. The Bertz CT molecular complexity index is 1290. The normalized spacial score (nSPS) is 18.8. The lowest BCUT2D eigenvalue weighted by molar-refractivity contribution is -0.313. The van der Waals surface area contributed by atoms with Crippen molar-refractivity contribution in [2.45, 2.75) is 51.1 Å². The number of nitrogens with one attached hydrogen (secondary N) is 2. The molecule has 0 aromatic heterocycles. The molecule has 1 fully saturated rings. The van der Waals surface area contributed by atoms with Crippen molar-refractivity contribution in [3.05, 3.63) is 65.0 Å². The summed E-state index contributed by atoms with van der Waals surface area (Å²) in [7, 11) is 0. The standard InChI is InChI=1S/C27H28F4N4O4/c28-17-5-1-3-15(12-17)21-19-6-2-4-16(13-36)22(19)34-26(39)24(33-21)35-25(38)18(9-10-27(29,30)31)20(23(32)37)11-14-7-8-14/h1-6,12,14,18,20,24,36H,7-11,13H2,(H2,32,37)(H,34,39)(H,35,38)/p+1. The van der Waals surface area contributed by atoms with Crippen molar-refractivity contribution < 1.29 is 42.8 Å². The van der Waals surface area contributed by atoms with Gasteiger partial charge in [0.2, 0.25) is 12.1 Å². The molecule has 39 heavy (non-hydrogen) atoms. The molecule has 1 heterocycles. The second-order valence-corrected chi connectivity index (χ2v) is 9.90. The monoisotopic (exact) mass is 549 g/mol. The van der Waals surface area contributed by atoms with E-state index in [4.69, 9.17) is 0 Å². The molecule has 8 nitrogen and oxygen atoms in total. The number of aliphatic hydroxyl groups is 1. The topological polar surface area (TPSA) is 136 Å². The number of fused-ring (bicyclic) bond motifs is 1. The fourth-order valence-electron chi connectivity index (χ4n) is 4.80. The van der Waals surface area contributed by atoms with E-state index >= 15 is 0 Å². The molecule has 2 aromatic carbocycles. The Hall–Kier alpha value is -3.64. The van der Waals surface area contributed by atoms with E-state index in [9.17, 15) is 37.1 Å². The smallest absolute Gasteiger partial charge is 0.389 e. The summed E-state index contributed by atoms with van der Waals surface area (Å²) in [6, 6.07) is 10.2. The third kappa shape index (κ3) is 7.07. The summed E-state index contributed by atoms with van der Waals surface area (Å²) >= 11 is 0. The number of hydrogen-bond donors (Lipinski definition) is 4. The Kier molecular flexibility index (Phi) is 8.45. The zero-order valence-electron chi connectivity index (χ0n) is 20.9. The average molecular weight is 550 g/mol. The minimum Gasteiger partial charge on any atom is -0.392 e. The summed E-state index contributed by atoms with van der Waals surface area (Å²) in [5.41, 5.74) is 4.68. The highest BCUT2D eigenvalue weighted by atomic mass is 19.4. The fourth-order valence-corrected chi connectivity index (χ4v) is 4.80. The van der Waals surface area contributed by atoms with Crippen LogP contribution >= 0.6 is 0 Å². The molecule has 6 N–H and O–H groups in total. The first-order valence-electron chi connectivity index (χ1n) is 12.6. The number of para-hydroxylation sites is 1. The van der Waals surface area contributed by atoms with Gasteiger partial charge in [0, 0.05) is 23.1 Å². The zero-order chi connectivity index (χ0) is 28.3. The first kappa shape index (κ1) is 28.4. The largest absolute Gasteiger partial charge is 0.392 e. The molecule has 3 amide bonds. The number of benzene rings is 2. The van der Waals surface area contributed by atoms with Gasteiger partial charge in [-0.1, -0.05) is 43.2 Å². The molecule has 4 rings (SSSR count). The van der Waals surface area contributed by atoms with E-state index in [-0.39, 0.29) is 29.3 Å². The van der Waals surface area contributed by atoms with E-state index in [0.29, 0.717) is 11.1 Å². The van der Waals surface area contributed by atoms with Crippen molar-refractivity contribution in [3.8, 4) is 0 Å². The quantitative estimate of drug-likeness (QED) is 0.339. The summed E-state index contributed by atoms with van der Waals surface area (Å²) in [5.74, 6) is -5.26. The molecule has 12 heteroatoms. The summed E-state index contributed by atoms with van der Waals surface area (Å²) in [6.45, 7) is -0.440. The van der Waals surface area contributed by atoms with Gasteiger partial charge in [0.05, 0.1) is 29.8 Å². The Morgan fingerprint density at radius 2 is 1.87 bits per heavy atom. The number of alkyl halides is 3. The summed E-state index contributed by atoms with van der Waals surface area (Å²) in [6.07, 6.45) is -6.25. The van der Waals surface area contributed by atoms with Crippen LogP contribution in [0.4, 0.5) is 23.2 Å². The summed E-state index contributed by atoms with van der Waals surface area (Å²) in [5, 5.41) is 14.9. The number of amides is 3. The van der Waals surface area contributed by atoms with Crippen LogP contribution in [-0.2, 0) is 21.0 Å². The predicted octanol–water partition coefficient (Wildman–Crippen LogP) is 2.69. The minimum absolute atomic E-state index is 0.123. The van der Waals surface area contributed by atoms with Gasteiger partial charge in [-0.05, 0) is 30.9 Å². The van der Waals surface area contributed by atoms with E-state index < -0.39 is 67.2 Å². The second-order valence-electron chi connectivity index (χ2n) is 9.90. The van der Waals surface area contributed by atoms with Crippen LogP contribution in [0, 0.1) is 23.6 Å². The minimum atomic E-state index is -4.56. The lowest BCUT2D eigenvalue weighted by Gasteiger charge is -2.24. The Labute approximate surface area is 221 Å². The first-order valence-corrected chi connectivity index (χ1v) is 12.6. The number of rotatable bonds is 10. The van der Waals surface area contributed by atoms with Crippen LogP contribution in [0.3, 0.4) is 0 Å². The van der Waals surface area contributed by atoms with Crippen molar-refractivity contribution >= 4 is 29.1 Å². The van der Waals surface area contributed by atoms with Crippen LogP contribution in [0.1, 0.15) is 48.8 Å². The molecular weight excluding hydrogens is 520 g/mol. The third-order valence-electron chi connectivity index (χ3n) is 6.97. The van der Waals surface area contributed by atoms with E-state index in [1.54, 1.807) is 24.3 Å². The maximum absolute atomic E-state index is 14.1. The number of aliphatic imine (C=N–C) groups is 1. The van der Waals surface area contributed by atoms with Gasteiger partial charge < -0.3 is 15.7 Å². The van der Waals surface area contributed by atoms with Gasteiger partial charge in [0.25, 0.3) is 5.91 Å². The van der Waals surface area contributed by atoms with Crippen LogP contribution in [0.2, 0.25) is 0 Å². The van der Waals surface area contributed by atoms with Gasteiger partial charge in [0.15, 0.2) is 0 Å².